The number of nitrogens with one attached hydrogen (secondary N) is 1. The number of carbonyl (C=O) groups is 1. The number of piperidine rings is 1. The van der Waals surface area contributed by atoms with E-state index < -0.39 is 16.2 Å². The molecule has 0 radical (unpaired) electrons. The van der Waals surface area contributed by atoms with Gasteiger partial charge in [0.2, 0.25) is 0 Å². The van der Waals surface area contributed by atoms with Crippen molar-refractivity contribution in [1.29, 1.82) is 0 Å². The van der Waals surface area contributed by atoms with E-state index in [1.54, 1.807) is 0 Å². The Balaban J connectivity index is 2.15. The minimum absolute atomic E-state index is 0.0941. The van der Waals surface area contributed by atoms with Crippen LogP contribution in [0.1, 0.15) is 30.1 Å². The molecular weight excluding hydrogens is 360 g/mol. The second kappa shape index (κ2) is 6.33. The van der Waals surface area contributed by atoms with Gasteiger partial charge < -0.3 is 5.11 Å². The van der Waals surface area contributed by atoms with Crippen LogP contribution in [0.4, 0.5) is 5.69 Å². The number of halogens is 1. The molecule has 1 heterocycles. The van der Waals surface area contributed by atoms with Crippen LogP contribution in [0.2, 0.25) is 0 Å². The van der Waals surface area contributed by atoms with E-state index in [4.69, 9.17) is 5.11 Å². The van der Waals surface area contributed by atoms with Gasteiger partial charge >= 0.3 is 16.2 Å². The van der Waals surface area contributed by atoms with E-state index in [2.05, 4.69) is 27.6 Å². The fourth-order valence-electron chi connectivity index (χ4n) is 2.16. The highest BCUT2D eigenvalue weighted by Gasteiger charge is 2.26. The Bertz CT molecular complexity index is 640. The number of rotatable bonds is 4. The lowest BCUT2D eigenvalue weighted by Crippen LogP contribution is -2.41. The fraction of sp³-hybridized carbons (Fsp3) is 0.462. The molecule has 0 atom stereocenters. The smallest absolute Gasteiger partial charge is 0.335 e. The molecule has 1 saturated heterocycles. The molecule has 0 saturated carbocycles. The molecule has 0 aromatic heterocycles. The van der Waals surface area contributed by atoms with Crippen LogP contribution >= 0.6 is 15.9 Å². The van der Waals surface area contributed by atoms with Crippen molar-refractivity contribution < 1.29 is 18.3 Å². The molecule has 116 valence electrons. The van der Waals surface area contributed by atoms with Gasteiger partial charge in [-0.2, -0.15) is 12.7 Å². The summed E-state index contributed by atoms with van der Waals surface area (Å²) < 4.78 is 28.9. The summed E-state index contributed by atoms with van der Waals surface area (Å²) in [5.41, 5.74) is 0.426. The van der Waals surface area contributed by atoms with Crippen molar-refractivity contribution in [3.05, 3.63) is 28.2 Å². The Morgan fingerprint density at radius 2 is 2.00 bits per heavy atom. The Labute approximate surface area is 132 Å². The van der Waals surface area contributed by atoms with E-state index in [-0.39, 0.29) is 5.56 Å². The summed E-state index contributed by atoms with van der Waals surface area (Å²) in [4.78, 5) is 10.9. The zero-order valence-corrected chi connectivity index (χ0v) is 13.9. The first kappa shape index (κ1) is 16.3. The highest BCUT2D eigenvalue weighted by atomic mass is 79.9. The number of anilines is 1. The number of carboxylic acids is 1. The van der Waals surface area contributed by atoms with Crippen LogP contribution in [-0.4, -0.2) is 36.9 Å². The SMILES string of the molecule is CC1CCN(S(=O)(=O)Nc2ccc(C(=O)O)cc2Br)CC1. The average molecular weight is 377 g/mol. The van der Waals surface area contributed by atoms with E-state index in [1.165, 1.54) is 22.5 Å². The van der Waals surface area contributed by atoms with Gasteiger partial charge in [0.25, 0.3) is 0 Å². The first-order valence-corrected chi connectivity index (χ1v) is 8.83. The first-order chi connectivity index (χ1) is 9.79. The molecular formula is C13H17BrN2O4S. The second-order valence-corrected chi connectivity index (χ2v) is 7.71. The summed E-state index contributed by atoms with van der Waals surface area (Å²) >= 11 is 3.19. The van der Waals surface area contributed by atoms with Crippen molar-refractivity contribution in [1.82, 2.24) is 4.31 Å². The molecule has 8 heteroatoms. The molecule has 1 aromatic rings. The van der Waals surface area contributed by atoms with Crippen LogP contribution in [0.5, 0.6) is 0 Å². The van der Waals surface area contributed by atoms with Gasteiger partial charge in [-0.1, -0.05) is 6.92 Å². The van der Waals surface area contributed by atoms with E-state index >= 15 is 0 Å². The van der Waals surface area contributed by atoms with Gasteiger partial charge in [0.05, 0.1) is 11.3 Å². The van der Waals surface area contributed by atoms with Crippen LogP contribution in [0.25, 0.3) is 0 Å². The summed E-state index contributed by atoms with van der Waals surface area (Å²) in [6, 6.07) is 4.18. The van der Waals surface area contributed by atoms with Crippen molar-refractivity contribution in [2.24, 2.45) is 5.92 Å². The molecule has 1 aliphatic heterocycles. The van der Waals surface area contributed by atoms with E-state index in [0.717, 1.165) is 12.8 Å². The highest BCUT2D eigenvalue weighted by Crippen LogP contribution is 2.26. The van der Waals surface area contributed by atoms with E-state index in [1.807, 2.05) is 0 Å². The minimum atomic E-state index is -3.61. The molecule has 0 amide bonds. The summed E-state index contributed by atoms with van der Waals surface area (Å²) in [6.07, 6.45) is 1.69. The third-order valence-corrected chi connectivity index (χ3v) is 5.72. The van der Waals surface area contributed by atoms with Gasteiger partial charge in [0, 0.05) is 17.6 Å². The van der Waals surface area contributed by atoms with Crippen LogP contribution in [-0.2, 0) is 10.2 Å². The number of carboxylic acid groups (broad SMARTS) is 1. The van der Waals surface area contributed by atoms with Gasteiger partial charge in [0.15, 0.2) is 0 Å². The van der Waals surface area contributed by atoms with Crippen molar-refractivity contribution >= 4 is 37.8 Å². The van der Waals surface area contributed by atoms with Crippen molar-refractivity contribution in [2.75, 3.05) is 17.8 Å². The molecule has 21 heavy (non-hydrogen) atoms. The van der Waals surface area contributed by atoms with Crippen LogP contribution in [0, 0.1) is 5.92 Å². The van der Waals surface area contributed by atoms with Crippen molar-refractivity contribution in [3.63, 3.8) is 0 Å². The minimum Gasteiger partial charge on any atom is -0.478 e. The van der Waals surface area contributed by atoms with Crippen LogP contribution in [0.15, 0.2) is 22.7 Å². The maximum Gasteiger partial charge on any atom is 0.335 e. The van der Waals surface area contributed by atoms with E-state index in [0.29, 0.717) is 29.2 Å². The number of hydrogen-bond acceptors (Lipinski definition) is 3. The van der Waals surface area contributed by atoms with Gasteiger partial charge in [-0.05, 0) is 52.9 Å². The summed E-state index contributed by atoms with van der Waals surface area (Å²) in [5, 5.41) is 8.89. The summed E-state index contributed by atoms with van der Waals surface area (Å²) in [5.74, 6) is -0.520. The Morgan fingerprint density at radius 3 is 2.52 bits per heavy atom. The number of nitrogens with zero attached hydrogens (tertiary/aromatic N) is 1. The maximum absolute atomic E-state index is 12.3. The Hall–Kier alpha value is -1.12. The summed E-state index contributed by atoms with van der Waals surface area (Å²) in [7, 11) is -3.61. The lowest BCUT2D eigenvalue weighted by atomic mass is 10.0. The van der Waals surface area contributed by atoms with Gasteiger partial charge in [-0.15, -0.1) is 0 Å². The molecule has 6 nitrogen and oxygen atoms in total. The third kappa shape index (κ3) is 3.96. The largest absolute Gasteiger partial charge is 0.478 e. The van der Waals surface area contributed by atoms with Crippen molar-refractivity contribution in [3.8, 4) is 0 Å². The molecule has 1 fully saturated rings. The number of hydrogen-bond donors (Lipinski definition) is 2. The molecule has 0 bridgehead atoms. The zero-order chi connectivity index (χ0) is 15.6. The van der Waals surface area contributed by atoms with Gasteiger partial charge in [-0.25, -0.2) is 4.79 Å². The Kier molecular flexibility index (Phi) is 4.90. The van der Waals surface area contributed by atoms with Crippen LogP contribution < -0.4 is 4.72 Å². The number of benzene rings is 1. The normalized spacial score (nSPS) is 17.6. The van der Waals surface area contributed by atoms with Gasteiger partial charge in [-0.3, -0.25) is 4.72 Å². The standard InChI is InChI=1S/C13H17BrN2O4S/c1-9-4-6-16(7-5-9)21(19,20)15-12-3-2-10(13(17)18)8-11(12)14/h2-3,8-9,15H,4-7H2,1H3,(H,17,18). The predicted molar refractivity (Wildman–Crippen MR) is 83.6 cm³/mol. The zero-order valence-electron chi connectivity index (χ0n) is 11.5. The Morgan fingerprint density at radius 1 is 1.38 bits per heavy atom. The molecule has 2 rings (SSSR count). The molecule has 2 N–H and O–H groups in total. The highest BCUT2D eigenvalue weighted by molar-refractivity contribution is 9.10. The van der Waals surface area contributed by atoms with E-state index in [9.17, 15) is 13.2 Å². The monoisotopic (exact) mass is 376 g/mol. The average Bonchev–Trinajstić information content (AvgIpc) is 2.41. The number of aromatic carboxylic acids is 1. The predicted octanol–water partition coefficient (Wildman–Crippen LogP) is 2.54. The molecule has 0 aliphatic carbocycles. The quantitative estimate of drug-likeness (QED) is 0.844. The lowest BCUT2D eigenvalue weighted by Gasteiger charge is -2.29. The molecule has 0 spiro atoms. The lowest BCUT2D eigenvalue weighted by molar-refractivity contribution is 0.0697. The molecule has 0 unspecified atom stereocenters. The van der Waals surface area contributed by atoms with Crippen LogP contribution in [0.3, 0.4) is 0 Å². The van der Waals surface area contributed by atoms with Gasteiger partial charge in [0.1, 0.15) is 0 Å². The van der Waals surface area contributed by atoms with Crippen molar-refractivity contribution in [2.45, 2.75) is 19.8 Å². The third-order valence-electron chi connectivity index (χ3n) is 3.54. The summed E-state index contributed by atoms with van der Waals surface area (Å²) in [6.45, 7) is 3.11. The molecule has 1 aromatic carbocycles. The molecule has 1 aliphatic rings. The maximum atomic E-state index is 12.3. The second-order valence-electron chi connectivity index (χ2n) is 5.19. The first-order valence-electron chi connectivity index (χ1n) is 6.60. The topological polar surface area (TPSA) is 86.7 Å². The fourth-order valence-corrected chi connectivity index (χ4v) is 4.05.